The predicted molar refractivity (Wildman–Crippen MR) is 172 cm³/mol. The Hall–Kier alpha value is -4.58. The Morgan fingerprint density at radius 2 is 1.72 bits per heavy atom. The number of carbonyl (C=O) groups excluding carboxylic acids is 1. The predicted octanol–water partition coefficient (Wildman–Crippen LogP) is 7.69. The van der Waals surface area contributed by atoms with Crippen LogP contribution < -0.4 is 15.0 Å². The minimum Gasteiger partial charge on any atom is -0.481 e. The molecule has 5 rings (SSSR count). The molecule has 2 heterocycles. The lowest BCUT2D eigenvalue weighted by atomic mass is 10.0. The molecule has 1 saturated heterocycles. The maximum absolute atomic E-state index is 13.4. The number of benzene rings is 3. The van der Waals surface area contributed by atoms with Gasteiger partial charge in [-0.2, -0.15) is 24.9 Å². The molecule has 1 amide bonds. The molecule has 1 aromatic heterocycles. The van der Waals surface area contributed by atoms with E-state index < -0.39 is 17.7 Å². The van der Waals surface area contributed by atoms with Crippen molar-refractivity contribution in [1.82, 2.24) is 9.97 Å². The number of rotatable bonds is 12. The van der Waals surface area contributed by atoms with Crippen LogP contribution in [0.4, 0.5) is 24.5 Å². The Balaban J connectivity index is 1.37. The maximum atomic E-state index is 13.4. The molecule has 0 saturated carbocycles. The van der Waals surface area contributed by atoms with Gasteiger partial charge in [0.05, 0.1) is 23.4 Å². The zero-order valence-electron chi connectivity index (χ0n) is 24.9. The van der Waals surface area contributed by atoms with Crippen molar-refractivity contribution in [2.24, 2.45) is 0 Å². The molecule has 0 unspecified atom stereocenters. The quantitative estimate of drug-likeness (QED) is 0.150. The third-order valence-corrected chi connectivity index (χ3v) is 8.48. The second kappa shape index (κ2) is 15.1. The fraction of sp³-hybridized carbons (Fsp3) is 0.294. The van der Waals surface area contributed by atoms with Gasteiger partial charge in [0, 0.05) is 47.5 Å². The number of carbonyl (C=O) groups is 2. The molecule has 8 nitrogen and oxygen atoms in total. The second-order valence-corrected chi connectivity index (χ2v) is 12.0. The number of aromatic nitrogens is 2. The average molecular weight is 651 g/mol. The topological polar surface area (TPSA) is 105 Å². The number of amides is 1. The van der Waals surface area contributed by atoms with Gasteiger partial charge in [-0.25, -0.2) is 9.97 Å². The van der Waals surface area contributed by atoms with E-state index in [1.165, 1.54) is 30.6 Å². The highest BCUT2D eigenvalue weighted by Gasteiger charge is 2.30. The Morgan fingerprint density at radius 3 is 2.50 bits per heavy atom. The number of piperidine rings is 1. The van der Waals surface area contributed by atoms with Crippen LogP contribution in [0.15, 0.2) is 79.1 Å². The van der Waals surface area contributed by atoms with Crippen LogP contribution in [0.2, 0.25) is 0 Å². The normalized spacial score (nSPS) is 13.3. The molecular weight excluding hydrogens is 617 g/mol. The molecule has 2 N–H and O–H groups in total. The summed E-state index contributed by atoms with van der Waals surface area (Å²) < 4.78 is 45.3. The van der Waals surface area contributed by atoms with Gasteiger partial charge >= 0.3 is 12.1 Å². The van der Waals surface area contributed by atoms with Gasteiger partial charge in [-0.1, -0.05) is 24.3 Å². The molecule has 1 aliphatic rings. The lowest BCUT2D eigenvalue weighted by Crippen LogP contribution is -2.29. The first kappa shape index (κ1) is 32.8. The van der Waals surface area contributed by atoms with Gasteiger partial charge in [0.2, 0.25) is 5.88 Å². The SMILES string of the molecule is O=C(O)CCSCc1cccc(C(=O)Nc2ccc(N3CCCCC3)cc2-c2cc(OCc3cccc(C(F)(F)F)c3)ncn2)c1. The highest BCUT2D eigenvalue weighted by molar-refractivity contribution is 7.98. The maximum Gasteiger partial charge on any atom is 0.416 e. The van der Waals surface area contributed by atoms with E-state index in [0.717, 1.165) is 49.3 Å². The van der Waals surface area contributed by atoms with Gasteiger partial charge in [0.25, 0.3) is 5.91 Å². The van der Waals surface area contributed by atoms with Crippen LogP contribution in [0.5, 0.6) is 5.88 Å². The number of carboxylic acid groups (broad SMARTS) is 1. The van der Waals surface area contributed by atoms with E-state index in [4.69, 9.17) is 9.84 Å². The second-order valence-electron chi connectivity index (χ2n) is 10.9. The number of nitrogens with zero attached hydrogens (tertiary/aromatic N) is 3. The number of nitrogens with one attached hydrogen (secondary N) is 1. The number of hydrogen-bond acceptors (Lipinski definition) is 7. The van der Waals surface area contributed by atoms with Gasteiger partial charge in [-0.3, -0.25) is 9.59 Å². The minimum absolute atomic E-state index is 0.0715. The molecule has 12 heteroatoms. The fourth-order valence-corrected chi connectivity index (χ4v) is 5.99. The lowest BCUT2D eigenvalue weighted by Gasteiger charge is -2.29. The van der Waals surface area contributed by atoms with E-state index in [-0.39, 0.29) is 24.8 Å². The zero-order valence-corrected chi connectivity index (χ0v) is 25.7. The molecule has 0 bridgehead atoms. The fourth-order valence-electron chi connectivity index (χ4n) is 5.11. The van der Waals surface area contributed by atoms with Crippen molar-refractivity contribution in [3.8, 4) is 17.1 Å². The number of ether oxygens (including phenoxy) is 1. The number of carboxylic acids is 1. The van der Waals surface area contributed by atoms with Gasteiger partial charge in [-0.05, 0) is 72.9 Å². The van der Waals surface area contributed by atoms with Crippen LogP contribution in [0.25, 0.3) is 11.3 Å². The van der Waals surface area contributed by atoms with Crippen molar-refractivity contribution in [3.05, 3.63) is 101 Å². The van der Waals surface area contributed by atoms with E-state index in [9.17, 15) is 22.8 Å². The highest BCUT2D eigenvalue weighted by atomic mass is 32.2. The van der Waals surface area contributed by atoms with Crippen LogP contribution in [-0.4, -0.2) is 45.8 Å². The van der Waals surface area contributed by atoms with Crippen LogP contribution >= 0.6 is 11.8 Å². The van der Waals surface area contributed by atoms with Gasteiger partial charge in [0.15, 0.2) is 0 Å². The summed E-state index contributed by atoms with van der Waals surface area (Å²) in [6, 6.07) is 19.5. The molecule has 240 valence electrons. The number of thioether (sulfide) groups is 1. The largest absolute Gasteiger partial charge is 0.481 e. The zero-order chi connectivity index (χ0) is 32.5. The Labute approximate surface area is 269 Å². The molecule has 46 heavy (non-hydrogen) atoms. The molecule has 1 fully saturated rings. The number of halogens is 3. The van der Waals surface area contributed by atoms with E-state index in [2.05, 4.69) is 20.2 Å². The van der Waals surface area contributed by atoms with Gasteiger partial charge < -0.3 is 20.1 Å². The summed E-state index contributed by atoms with van der Waals surface area (Å²) in [5.74, 6) is 0.0636. The number of hydrogen-bond donors (Lipinski definition) is 2. The van der Waals surface area contributed by atoms with Crippen LogP contribution in [-0.2, 0) is 23.3 Å². The van der Waals surface area contributed by atoms with Crippen molar-refractivity contribution >= 4 is 35.0 Å². The first-order chi connectivity index (χ1) is 22.2. The lowest BCUT2D eigenvalue weighted by molar-refractivity contribution is -0.138. The summed E-state index contributed by atoms with van der Waals surface area (Å²) in [4.78, 5) is 35.1. The molecule has 3 aromatic carbocycles. The molecule has 0 spiro atoms. The van der Waals surface area contributed by atoms with Crippen LogP contribution in [0, 0.1) is 0 Å². The summed E-state index contributed by atoms with van der Waals surface area (Å²) in [5, 5.41) is 11.9. The number of alkyl halides is 3. The summed E-state index contributed by atoms with van der Waals surface area (Å²) in [7, 11) is 0. The Kier molecular flexibility index (Phi) is 10.8. The molecule has 1 aliphatic heterocycles. The van der Waals surface area contributed by atoms with E-state index in [0.29, 0.717) is 39.6 Å². The summed E-state index contributed by atoms with van der Waals surface area (Å²) in [6.07, 6.45) is 0.275. The minimum atomic E-state index is -4.46. The standard InChI is InChI=1S/C34H33F3N4O4S/c35-34(36,37)26-9-5-6-23(17-26)20-45-31-19-30(38-22-39-31)28-18-27(41-13-2-1-3-14-41)10-11-29(28)40-33(44)25-8-4-7-24(16-25)21-46-15-12-32(42)43/h4-11,16-19,22H,1-3,12-15,20-21H2,(H,40,44)(H,42,43). The summed E-state index contributed by atoms with van der Waals surface area (Å²) in [6.45, 7) is 1.71. The molecule has 0 atom stereocenters. The average Bonchev–Trinajstić information content (AvgIpc) is 3.06. The summed E-state index contributed by atoms with van der Waals surface area (Å²) in [5.41, 5.74) is 3.58. The number of aliphatic carboxylic acids is 1. The van der Waals surface area contributed by atoms with Gasteiger partial charge in [-0.15, -0.1) is 0 Å². The van der Waals surface area contributed by atoms with Crippen molar-refractivity contribution in [2.75, 3.05) is 29.1 Å². The van der Waals surface area contributed by atoms with E-state index in [1.54, 1.807) is 30.3 Å². The third kappa shape index (κ3) is 9.00. The van der Waals surface area contributed by atoms with Crippen LogP contribution in [0.1, 0.15) is 52.7 Å². The molecular formula is C34H33F3N4O4S. The van der Waals surface area contributed by atoms with Crippen molar-refractivity contribution < 1.29 is 32.6 Å². The summed E-state index contributed by atoms with van der Waals surface area (Å²) >= 11 is 1.49. The first-order valence-electron chi connectivity index (χ1n) is 14.9. The number of anilines is 2. The first-order valence-corrected chi connectivity index (χ1v) is 16.0. The van der Waals surface area contributed by atoms with E-state index >= 15 is 0 Å². The monoisotopic (exact) mass is 650 g/mol. The smallest absolute Gasteiger partial charge is 0.416 e. The third-order valence-electron chi connectivity index (χ3n) is 7.45. The van der Waals surface area contributed by atoms with Crippen molar-refractivity contribution in [2.45, 2.75) is 44.2 Å². The molecule has 0 aliphatic carbocycles. The highest BCUT2D eigenvalue weighted by Crippen LogP contribution is 2.34. The Morgan fingerprint density at radius 1 is 0.935 bits per heavy atom. The molecule has 4 aromatic rings. The Bertz CT molecular complexity index is 1680. The van der Waals surface area contributed by atoms with E-state index in [1.807, 2.05) is 24.3 Å². The van der Waals surface area contributed by atoms with Gasteiger partial charge in [0.1, 0.15) is 12.9 Å². The van der Waals surface area contributed by atoms with Crippen molar-refractivity contribution in [3.63, 3.8) is 0 Å². The molecule has 0 radical (unpaired) electrons. The van der Waals surface area contributed by atoms with Crippen molar-refractivity contribution in [1.29, 1.82) is 0 Å². The van der Waals surface area contributed by atoms with Crippen LogP contribution in [0.3, 0.4) is 0 Å².